The van der Waals surface area contributed by atoms with Crippen LogP contribution >= 0.6 is 0 Å². The van der Waals surface area contributed by atoms with E-state index in [1.807, 2.05) is 0 Å². The molecule has 1 N–H and O–H groups in total. The summed E-state index contributed by atoms with van der Waals surface area (Å²) < 4.78 is 5.20. The first-order valence-corrected chi connectivity index (χ1v) is 11.1. The molecule has 152 valence electrons. The molecule has 2 saturated carbocycles. The predicted molar refractivity (Wildman–Crippen MR) is 102 cm³/mol. The minimum Gasteiger partial charge on any atom is -0.469 e. The van der Waals surface area contributed by atoms with Crippen molar-refractivity contribution >= 4 is 11.8 Å². The molecule has 7 rings (SSSR count). The van der Waals surface area contributed by atoms with Gasteiger partial charge in [0, 0.05) is 18.5 Å². The number of fused-ring (bicyclic) bond motifs is 1. The maximum atomic E-state index is 14.6. The number of nitrogens with zero attached hydrogens (tertiary/aromatic N) is 1. The number of carbonyl (C=O) groups is 2. The molecule has 0 aromatic heterocycles. The van der Waals surface area contributed by atoms with Crippen molar-refractivity contribution in [1.29, 1.82) is 0 Å². The van der Waals surface area contributed by atoms with Crippen LogP contribution in [0.2, 0.25) is 0 Å². The lowest BCUT2D eigenvalue weighted by Gasteiger charge is -2.63. The summed E-state index contributed by atoms with van der Waals surface area (Å²) in [6.07, 6.45) is 4.67. The molecule has 3 aliphatic heterocycles. The Morgan fingerprint density at radius 1 is 1.21 bits per heavy atom. The van der Waals surface area contributed by atoms with Gasteiger partial charge in [-0.25, -0.2) is 0 Å². The van der Waals surface area contributed by atoms with E-state index in [2.05, 4.69) is 18.7 Å². The summed E-state index contributed by atoms with van der Waals surface area (Å²) in [4.78, 5) is 29.7. The summed E-state index contributed by atoms with van der Waals surface area (Å²) in [5, 5.41) is 11.6. The molecule has 4 aliphatic carbocycles. The lowest BCUT2D eigenvalue weighted by molar-refractivity contribution is -0.186. The van der Waals surface area contributed by atoms with E-state index in [4.69, 9.17) is 4.74 Å². The van der Waals surface area contributed by atoms with E-state index < -0.39 is 22.5 Å². The molecular weight excluding hydrogens is 354 g/mol. The third-order valence-electron chi connectivity index (χ3n) is 10.3. The Morgan fingerprint density at radius 2 is 1.96 bits per heavy atom. The quantitative estimate of drug-likeness (QED) is 0.554. The van der Waals surface area contributed by atoms with Crippen molar-refractivity contribution in [1.82, 2.24) is 4.90 Å². The largest absolute Gasteiger partial charge is 0.469 e. The number of hydrogen-bond acceptors (Lipinski definition) is 5. The maximum absolute atomic E-state index is 14.6. The van der Waals surface area contributed by atoms with E-state index in [0.717, 1.165) is 38.8 Å². The second kappa shape index (κ2) is 5.10. The van der Waals surface area contributed by atoms with Crippen LogP contribution in [0.1, 0.15) is 52.4 Å². The topological polar surface area (TPSA) is 66.8 Å². The first-order valence-electron chi connectivity index (χ1n) is 11.1. The molecule has 8 atom stereocenters. The first-order chi connectivity index (χ1) is 13.3. The van der Waals surface area contributed by atoms with Crippen molar-refractivity contribution in [2.75, 3.05) is 20.2 Å². The Labute approximate surface area is 166 Å². The van der Waals surface area contributed by atoms with Gasteiger partial charge in [-0.2, -0.15) is 0 Å². The predicted octanol–water partition coefficient (Wildman–Crippen LogP) is 2.33. The first kappa shape index (κ1) is 17.6. The van der Waals surface area contributed by atoms with Crippen molar-refractivity contribution in [2.45, 2.75) is 64.0 Å². The number of aliphatic hydroxyl groups excluding tert-OH is 1. The van der Waals surface area contributed by atoms with Crippen LogP contribution < -0.4 is 0 Å². The third kappa shape index (κ3) is 1.53. The number of allylic oxidation sites excluding steroid dienone is 2. The Morgan fingerprint density at radius 3 is 2.68 bits per heavy atom. The number of ketones is 1. The highest BCUT2D eigenvalue weighted by atomic mass is 16.5. The molecule has 0 aromatic rings. The lowest BCUT2D eigenvalue weighted by Crippen LogP contribution is -2.76. The standard InChI is InChI=1S/C23H31NO4/c1-12-10-24-11-14-6-4-13-5-7-15-16(19(26)28-3)8-22(18(13)15)20(27)23(12,24)9-17(25)21(14,22)2/h12,14-17,25H,4-11H2,1-3H3/t12-,14-,15-,16-,17+,21-,22+,23-/m1/s1. The molecule has 0 amide bonds. The summed E-state index contributed by atoms with van der Waals surface area (Å²) in [7, 11) is 1.47. The number of methoxy groups -OCH3 is 1. The summed E-state index contributed by atoms with van der Waals surface area (Å²) in [6, 6.07) is 0. The zero-order valence-corrected chi connectivity index (χ0v) is 17.2. The van der Waals surface area contributed by atoms with Crippen LogP contribution in [0.25, 0.3) is 0 Å². The van der Waals surface area contributed by atoms with Crippen LogP contribution in [0, 0.1) is 34.5 Å². The number of rotatable bonds is 1. The molecule has 0 unspecified atom stereocenters. The van der Waals surface area contributed by atoms with Gasteiger partial charge in [-0.15, -0.1) is 0 Å². The Hall–Kier alpha value is -1.20. The number of carbonyl (C=O) groups excluding carboxylic acids is 2. The van der Waals surface area contributed by atoms with Crippen molar-refractivity contribution in [2.24, 2.45) is 34.5 Å². The fraction of sp³-hybridized carbons (Fsp3) is 0.826. The normalized spacial score (nSPS) is 54.0. The molecule has 3 heterocycles. The second-order valence-electron chi connectivity index (χ2n) is 10.7. The molecule has 3 saturated heterocycles. The lowest BCUT2D eigenvalue weighted by atomic mass is 9.44. The van der Waals surface area contributed by atoms with Crippen LogP contribution in [0.4, 0.5) is 0 Å². The smallest absolute Gasteiger partial charge is 0.309 e. The number of hydrogen-bond donors (Lipinski definition) is 1. The van der Waals surface area contributed by atoms with Gasteiger partial charge in [0.15, 0.2) is 5.78 Å². The molecule has 7 aliphatic rings. The van der Waals surface area contributed by atoms with E-state index in [9.17, 15) is 14.7 Å². The summed E-state index contributed by atoms with van der Waals surface area (Å²) in [5.41, 5.74) is 1.03. The molecule has 2 spiro atoms. The summed E-state index contributed by atoms with van der Waals surface area (Å²) in [5.74, 6) is 0.639. The maximum Gasteiger partial charge on any atom is 0.309 e. The minimum atomic E-state index is -0.676. The SMILES string of the molecule is COC(=O)[C@@H]1C[C@]23C(=O)[C@]45C[C@H](O)[C@@]2(C)[C@H](CCC2=C3[C@@H]1CC2)CN4C[C@H]5C. The fourth-order valence-corrected chi connectivity index (χ4v) is 8.95. The molecule has 4 bridgehead atoms. The Balaban J connectivity index is 1.65. The Kier molecular flexibility index (Phi) is 3.21. The fourth-order valence-electron chi connectivity index (χ4n) is 8.95. The van der Waals surface area contributed by atoms with Crippen LogP contribution in [-0.2, 0) is 14.3 Å². The average Bonchev–Trinajstić information content (AvgIpc) is 3.18. The van der Waals surface area contributed by atoms with Gasteiger partial charge >= 0.3 is 5.97 Å². The molecule has 5 nitrogen and oxygen atoms in total. The molecule has 0 aromatic carbocycles. The van der Waals surface area contributed by atoms with Crippen LogP contribution in [0.5, 0.6) is 0 Å². The highest BCUT2D eigenvalue weighted by molar-refractivity contribution is 6.01. The van der Waals surface area contributed by atoms with Gasteiger partial charge in [0.1, 0.15) is 0 Å². The highest BCUT2D eigenvalue weighted by Crippen LogP contribution is 2.75. The van der Waals surface area contributed by atoms with Crippen LogP contribution in [-0.4, -0.2) is 53.6 Å². The van der Waals surface area contributed by atoms with Gasteiger partial charge in [0.2, 0.25) is 0 Å². The number of aliphatic hydroxyl groups is 1. The molecule has 0 radical (unpaired) electrons. The van der Waals surface area contributed by atoms with Crippen molar-refractivity contribution in [3.8, 4) is 0 Å². The zero-order chi connectivity index (χ0) is 19.6. The van der Waals surface area contributed by atoms with E-state index in [-0.39, 0.29) is 23.7 Å². The van der Waals surface area contributed by atoms with Gasteiger partial charge in [-0.3, -0.25) is 14.5 Å². The van der Waals surface area contributed by atoms with E-state index in [1.165, 1.54) is 18.3 Å². The van der Waals surface area contributed by atoms with Gasteiger partial charge < -0.3 is 9.84 Å². The molecule has 5 fully saturated rings. The monoisotopic (exact) mass is 385 g/mol. The molecule has 5 heteroatoms. The van der Waals surface area contributed by atoms with E-state index in [1.54, 1.807) is 0 Å². The van der Waals surface area contributed by atoms with E-state index in [0.29, 0.717) is 24.5 Å². The number of esters is 1. The van der Waals surface area contributed by atoms with Gasteiger partial charge in [0.05, 0.1) is 30.1 Å². The van der Waals surface area contributed by atoms with Crippen LogP contribution in [0.3, 0.4) is 0 Å². The van der Waals surface area contributed by atoms with Gasteiger partial charge in [-0.05, 0) is 56.3 Å². The molecular formula is C23H31NO4. The zero-order valence-electron chi connectivity index (χ0n) is 17.2. The summed E-state index contributed by atoms with van der Waals surface area (Å²) in [6.45, 7) is 6.24. The Bertz CT molecular complexity index is 834. The highest BCUT2D eigenvalue weighted by Gasteiger charge is 2.80. The van der Waals surface area contributed by atoms with Crippen molar-refractivity contribution in [3.63, 3.8) is 0 Å². The number of ether oxygens (including phenoxy) is 1. The van der Waals surface area contributed by atoms with Gasteiger partial charge in [0.25, 0.3) is 0 Å². The summed E-state index contributed by atoms with van der Waals surface area (Å²) >= 11 is 0. The van der Waals surface area contributed by atoms with Crippen molar-refractivity contribution in [3.05, 3.63) is 11.1 Å². The minimum absolute atomic E-state index is 0.133. The van der Waals surface area contributed by atoms with Gasteiger partial charge in [-0.1, -0.05) is 25.0 Å². The average molecular weight is 386 g/mol. The van der Waals surface area contributed by atoms with E-state index >= 15 is 0 Å². The van der Waals surface area contributed by atoms with Crippen LogP contribution in [0.15, 0.2) is 11.1 Å². The number of Topliss-reactive ketones (excluding diaryl/α,β-unsaturated/α-hetero) is 1. The molecule has 28 heavy (non-hydrogen) atoms. The third-order valence-corrected chi connectivity index (χ3v) is 10.3. The second-order valence-corrected chi connectivity index (χ2v) is 10.7. The van der Waals surface area contributed by atoms with Crippen molar-refractivity contribution < 1.29 is 19.4 Å².